The van der Waals surface area contributed by atoms with Gasteiger partial charge in [0.1, 0.15) is 0 Å². The van der Waals surface area contributed by atoms with E-state index in [1.54, 1.807) is 0 Å². The molecule has 1 heterocycles. The van der Waals surface area contributed by atoms with Crippen molar-refractivity contribution in [2.24, 2.45) is 16.3 Å². The SMILES string of the molecule is CN=C(NCC(c1ccccc1)N1CCCC1)NCC1(C2CC2)CC1.I. The lowest BCUT2D eigenvalue weighted by atomic mass is 10.0. The first-order chi connectivity index (χ1) is 12.3. The highest BCUT2D eigenvalue weighted by molar-refractivity contribution is 14.0. The van der Waals surface area contributed by atoms with Crippen LogP contribution in [0.2, 0.25) is 0 Å². The maximum atomic E-state index is 4.47. The Bertz CT molecular complexity index is 589. The predicted octanol–water partition coefficient (Wildman–Crippen LogP) is 3.80. The summed E-state index contributed by atoms with van der Waals surface area (Å²) in [6.07, 6.45) is 8.34. The summed E-state index contributed by atoms with van der Waals surface area (Å²) >= 11 is 0. The lowest BCUT2D eigenvalue weighted by Gasteiger charge is -2.29. The summed E-state index contributed by atoms with van der Waals surface area (Å²) < 4.78 is 0. The molecule has 1 saturated heterocycles. The van der Waals surface area contributed by atoms with Gasteiger partial charge in [-0.3, -0.25) is 9.89 Å². The van der Waals surface area contributed by atoms with Crippen molar-refractivity contribution in [3.63, 3.8) is 0 Å². The van der Waals surface area contributed by atoms with Crippen LogP contribution >= 0.6 is 24.0 Å². The predicted molar refractivity (Wildman–Crippen MR) is 119 cm³/mol. The molecular weight excluding hydrogens is 435 g/mol. The van der Waals surface area contributed by atoms with Crippen molar-refractivity contribution < 1.29 is 0 Å². The van der Waals surface area contributed by atoms with Crippen LogP contribution in [0, 0.1) is 11.3 Å². The molecule has 1 atom stereocenters. The molecule has 2 saturated carbocycles. The van der Waals surface area contributed by atoms with Crippen molar-refractivity contribution in [2.45, 2.75) is 44.6 Å². The number of rotatable bonds is 7. The second kappa shape index (κ2) is 8.91. The van der Waals surface area contributed by atoms with Crippen LogP contribution in [0.1, 0.15) is 50.1 Å². The zero-order valence-corrected chi connectivity index (χ0v) is 18.2. The highest BCUT2D eigenvalue weighted by Crippen LogP contribution is 2.60. The first kappa shape index (κ1) is 19.9. The lowest BCUT2D eigenvalue weighted by Crippen LogP contribution is -2.44. The van der Waals surface area contributed by atoms with Crippen LogP contribution in [0.4, 0.5) is 0 Å². The van der Waals surface area contributed by atoms with Gasteiger partial charge in [-0.2, -0.15) is 0 Å². The van der Waals surface area contributed by atoms with Crippen LogP contribution in [0.25, 0.3) is 0 Å². The van der Waals surface area contributed by atoms with Gasteiger partial charge in [-0.25, -0.2) is 0 Å². The first-order valence-electron chi connectivity index (χ1n) is 10.0. The molecule has 3 aliphatic rings. The van der Waals surface area contributed by atoms with Crippen molar-refractivity contribution >= 4 is 29.9 Å². The maximum absolute atomic E-state index is 4.47. The van der Waals surface area contributed by atoms with Gasteiger partial charge in [0, 0.05) is 20.1 Å². The van der Waals surface area contributed by atoms with E-state index in [1.807, 2.05) is 7.05 Å². The zero-order chi connectivity index (χ0) is 17.1. The van der Waals surface area contributed by atoms with E-state index in [-0.39, 0.29) is 24.0 Å². The maximum Gasteiger partial charge on any atom is 0.191 e. The van der Waals surface area contributed by atoms with Crippen LogP contribution in [0.3, 0.4) is 0 Å². The number of likely N-dealkylation sites (tertiary alicyclic amines) is 1. The van der Waals surface area contributed by atoms with Gasteiger partial charge in [0.05, 0.1) is 6.04 Å². The van der Waals surface area contributed by atoms with E-state index in [1.165, 1.54) is 57.2 Å². The van der Waals surface area contributed by atoms with E-state index in [2.05, 4.69) is 50.9 Å². The summed E-state index contributed by atoms with van der Waals surface area (Å²) in [5.41, 5.74) is 2.01. The van der Waals surface area contributed by atoms with Crippen LogP contribution in [-0.2, 0) is 0 Å². The van der Waals surface area contributed by atoms with Gasteiger partial charge in [0.2, 0.25) is 0 Å². The Morgan fingerprint density at radius 3 is 2.42 bits per heavy atom. The molecule has 26 heavy (non-hydrogen) atoms. The largest absolute Gasteiger partial charge is 0.356 e. The Morgan fingerprint density at radius 1 is 1.15 bits per heavy atom. The Hall–Kier alpha value is -0.820. The van der Waals surface area contributed by atoms with Gasteiger partial charge in [-0.15, -0.1) is 24.0 Å². The van der Waals surface area contributed by atoms with Crippen molar-refractivity contribution in [1.29, 1.82) is 0 Å². The lowest BCUT2D eigenvalue weighted by molar-refractivity contribution is 0.245. The third kappa shape index (κ3) is 4.71. The molecule has 5 heteroatoms. The molecule has 0 aromatic heterocycles. The standard InChI is InChI=1S/C21H32N4.HI/c1-22-20(24-16-21(11-12-21)18-9-10-18)23-15-19(25-13-5-6-14-25)17-7-3-2-4-8-17;/h2-4,7-8,18-19H,5-6,9-16H2,1H3,(H2,22,23,24);1H. The summed E-state index contributed by atoms with van der Waals surface area (Å²) in [6, 6.07) is 11.3. The number of halogens is 1. The Kier molecular flexibility index (Phi) is 6.83. The normalized spacial score (nSPS) is 23.2. The highest BCUT2D eigenvalue weighted by atomic mass is 127. The molecule has 1 unspecified atom stereocenters. The molecule has 1 aliphatic heterocycles. The van der Waals surface area contributed by atoms with Gasteiger partial charge in [0.15, 0.2) is 5.96 Å². The fourth-order valence-electron chi connectivity index (χ4n) is 4.45. The second-order valence-electron chi connectivity index (χ2n) is 8.11. The number of aliphatic imine (C=N–C) groups is 1. The summed E-state index contributed by atoms with van der Waals surface area (Å²) in [5, 5.41) is 7.21. The fourth-order valence-corrected chi connectivity index (χ4v) is 4.45. The minimum Gasteiger partial charge on any atom is -0.356 e. The van der Waals surface area contributed by atoms with Crippen LogP contribution in [-0.4, -0.2) is 44.1 Å². The summed E-state index contributed by atoms with van der Waals surface area (Å²) in [6.45, 7) is 4.42. The fraction of sp³-hybridized carbons (Fsp3) is 0.667. The molecule has 2 N–H and O–H groups in total. The van der Waals surface area contributed by atoms with Crippen LogP contribution < -0.4 is 10.6 Å². The Labute approximate surface area is 175 Å². The van der Waals surface area contributed by atoms with Crippen molar-refractivity contribution in [2.75, 3.05) is 33.2 Å². The number of benzene rings is 1. The van der Waals surface area contributed by atoms with E-state index in [9.17, 15) is 0 Å². The minimum atomic E-state index is 0. The van der Waals surface area contributed by atoms with E-state index in [4.69, 9.17) is 0 Å². The van der Waals surface area contributed by atoms with Crippen LogP contribution in [0.15, 0.2) is 35.3 Å². The molecule has 3 fully saturated rings. The van der Waals surface area contributed by atoms with Crippen molar-refractivity contribution in [3.05, 3.63) is 35.9 Å². The van der Waals surface area contributed by atoms with Gasteiger partial charge >= 0.3 is 0 Å². The Morgan fingerprint density at radius 2 is 1.85 bits per heavy atom. The summed E-state index contributed by atoms with van der Waals surface area (Å²) in [4.78, 5) is 7.08. The highest BCUT2D eigenvalue weighted by Gasteiger charge is 2.53. The van der Waals surface area contributed by atoms with Crippen molar-refractivity contribution in [1.82, 2.24) is 15.5 Å². The average molecular weight is 468 g/mol. The zero-order valence-electron chi connectivity index (χ0n) is 15.9. The third-order valence-corrected chi connectivity index (χ3v) is 6.40. The number of guanidine groups is 1. The molecule has 2 aliphatic carbocycles. The van der Waals surface area contributed by atoms with Gasteiger partial charge in [0.25, 0.3) is 0 Å². The van der Waals surface area contributed by atoms with E-state index >= 15 is 0 Å². The van der Waals surface area contributed by atoms with E-state index < -0.39 is 0 Å². The average Bonchev–Trinajstić information content (AvgIpc) is 3.57. The summed E-state index contributed by atoms with van der Waals surface area (Å²) in [7, 11) is 1.89. The number of nitrogens with zero attached hydrogens (tertiary/aromatic N) is 2. The summed E-state index contributed by atoms with van der Waals surface area (Å²) in [5.74, 6) is 1.95. The molecule has 4 nitrogen and oxygen atoms in total. The molecule has 1 aromatic carbocycles. The third-order valence-electron chi connectivity index (χ3n) is 6.40. The molecule has 4 rings (SSSR count). The van der Waals surface area contributed by atoms with Gasteiger partial charge in [-0.05, 0) is 68.5 Å². The quantitative estimate of drug-likeness (QED) is 0.364. The van der Waals surface area contributed by atoms with Crippen LogP contribution in [0.5, 0.6) is 0 Å². The van der Waals surface area contributed by atoms with Gasteiger partial charge in [-0.1, -0.05) is 30.3 Å². The molecule has 144 valence electrons. The minimum absolute atomic E-state index is 0. The van der Waals surface area contributed by atoms with Gasteiger partial charge < -0.3 is 10.6 Å². The Balaban J connectivity index is 0.00000196. The smallest absolute Gasteiger partial charge is 0.191 e. The number of nitrogens with one attached hydrogen (secondary N) is 2. The molecule has 1 aromatic rings. The monoisotopic (exact) mass is 468 g/mol. The number of hydrogen-bond donors (Lipinski definition) is 2. The molecule has 0 radical (unpaired) electrons. The topological polar surface area (TPSA) is 39.7 Å². The molecule has 0 spiro atoms. The van der Waals surface area contributed by atoms with E-state index in [0.29, 0.717) is 11.5 Å². The second-order valence-corrected chi connectivity index (χ2v) is 8.11. The van der Waals surface area contributed by atoms with E-state index in [0.717, 1.165) is 25.0 Å². The molecular formula is C21H33IN4. The molecule has 0 amide bonds. The first-order valence-corrected chi connectivity index (χ1v) is 10.0. The molecule has 0 bridgehead atoms. The number of hydrogen-bond acceptors (Lipinski definition) is 2. The van der Waals surface area contributed by atoms with Crippen molar-refractivity contribution in [3.8, 4) is 0 Å².